The van der Waals surface area contributed by atoms with Gasteiger partial charge in [-0.2, -0.15) is 0 Å². The minimum Gasteiger partial charge on any atom is -0.308 e. The van der Waals surface area contributed by atoms with Gasteiger partial charge in [-0.05, 0) is 59.7 Å². The van der Waals surface area contributed by atoms with Gasteiger partial charge < -0.3 is 15.5 Å². The molecular formula is C33H27FN8O3. The summed E-state index contributed by atoms with van der Waals surface area (Å²) in [4.78, 5) is 47.2. The SMILES string of the molecule is Cc1ccccc1C(=O)CN1C(=O)[C@H](NC(=O)Nc2cccc(-c3nnn[nH]3)c2)N=C(c2ccccc2F)c2cccc(C)c21. The van der Waals surface area contributed by atoms with Crippen LogP contribution < -0.4 is 15.5 Å². The van der Waals surface area contributed by atoms with Crippen LogP contribution in [0.2, 0.25) is 0 Å². The molecule has 2 heterocycles. The third-order valence-corrected chi connectivity index (χ3v) is 7.40. The van der Waals surface area contributed by atoms with Gasteiger partial charge in [0.1, 0.15) is 5.82 Å². The Morgan fingerprint density at radius 2 is 1.64 bits per heavy atom. The molecule has 0 aliphatic carbocycles. The van der Waals surface area contributed by atoms with E-state index in [-0.39, 0.29) is 23.6 Å². The monoisotopic (exact) mass is 602 g/mol. The third kappa shape index (κ3) is 5.93. The number of aromatic amines is 1. The van der Waals surface area contributed by atoms with Gasteiger partial charge in [0.15, 0.2) is 11.6 Å². The van der Waals surface area contributed by atoms with Gasteiger partial charge >= 0.3 is 6.03 Å². The van der Waals surface area contributed by atoms with Gasteiger partial charge in [0.25, 0.3) is 5.91 Å². The fourth-order valence-electron chi connectivity index (χ4n) is 5.27. The number of aliphatic imine (C=N–C) groups is 1. The Balaban J connectivity index is 1.39. The second-order valence-corrected chi connectivity index (χ2v) is 10.4. The van der Waals surface area contributed by atoms with E-state index in [1.807, 2.05) is 19.1 Å². The Morgan fingerprint density at radius 3 is 2.42 bits per heavy atom. The highest BCUT2D eigenvalue weighted by atomic mass is 19.1. The minimum absolute atomic E-state index is 0.143. The second-order valence-electron chi connectivity index (χ2n) is 10.4. The van der Waals surface area contributed by atoms with Gasteiger partial charge in [-0.1, -0.05) is 66.7 Å². The largest absolute Gasteiger partial charge is 0.321 e. The molecule has 0 bridgehead atoms. The van der Waals surface area contributed by atoms with Crippen LogP contribution in [0.1, 0.15) is 32.6 Å². The third-order valence-electron chi connectivity index (χ3n) is 7.40. The molecule has 12 heteroatoms. The van der Waals surface area contributed by atoms with Gasteiger partial charge in [0.2, 0.25) is 6.17 Å². The number of carbonyl (C=O) groups is 3. The van der Waals surface area contributed by atoms with Crippen LogP contribution >= 0.6 is 0 Å². The van der Waals surface area contributed by atoms with Crippen molar-refractivity contribution in [1.82, 2.24) is 25.9 Å². The molecule has 224 valence electrons. The maximum absolute atomic E-state index is 15.3. The number of hydrogen-bond donors (Lipinski definition) is 3. The van der Waals surface area contributed by atoms with Crippen molar-refractivity contribution in [3.63, 3.8) is 0 Å². The number of tetrazole rings is 1. The van der Waals surface area contributed by atoms with Gasteiger partial charge in [-0.15, -0.1) is 5.10 Å². The van der Waals surface area contributed by atoms with E-state index in [1.165, 1.54) is 11.0 Å². The lowest BCUT2D eigenvalue weighted by atomic mass is 9.97. The van der Waals surface area contributed by atoms with Crippen LogP contribution in [0.25, 0.3) is 11.4 Å². The van der Waals surface area contributed by atoms with E-state index in [0.717, 1.165) is 5.56 Å². The Bertz CT molecular complexity index is 1960. The summed E-state index contributed by atoms with van der Waals surface area (Å²) in [5, 5.41) is 19.0. The molecule has 11 nitrogen and oxygen atoms in total. The van der Waals surface area contributed by atoms with Crippen molar-refractivity contribution in [2.75, 3.05) is 16.8 Å². The van der Waals surface area contributed by atoms with Gasteiger partial charge in [-0.25, -0.2) is 19.3 Å². The number of halogens is 1. The Kier molecular flexibility index (Phi) is 7.93. The predicted octanol–water partition coefficient (Wildman–Crippen LogP) is 4.84. The van der Waals surface area contributed by atoms with Gasteiger partial charge in [0, 0.05) is 27.9 Å². The highest BCUT2D eigenvalue weighted by Gasteiger charge is 2.36. The molecule has 0 saturated carbocycles. The first-order valence-electron chi connectivity index (χ1n) is 14.0. The number of ketones is 1. The second kappa shape index (κ2) is 12.3. The van der Waals surface area contributed by atoms with Crippen molar-refractivity contribution in [2.45, 2.75) is 20.0 Å². The summed E-state index contributed by atoms with van der Waals surface area (Å²) in [7, 11) is 0. The molecule has 0 spiro atoms. The van der Waals surface area contributed by atoms with Gasteiger partial charge in [-0.3, -0.25) is 9.59 Å². The molecule has 1 aromatic heterocycles. The molecule has 1 aliphatic rings. The lowest BCUT2D eigenvalue weighted by molar-refractivity contribution is -0.120. The van der Waals surface area contributed by atoms with Crippen LogP contribution in [0, 0.1) is 19.7 Å². The van der Waals surface area contributed by atoms with Crippen molar-refractivity contribution in [3.8, 4) is 11.4 Å². The zero-order chi connectivity index (χ0) is 31.5. The molecule has 0 radical (unpaired) electrons. The number of fused-ring (bicyclic) bond motifs is 1. The molecular weight excluding hydrogens is 575 g/mol. The number of carbonyl (C=O) groups excluding carboxylic acids is 3. The molecule has 45 heavy (non-hydrogen) atoms. The molecule has 4 aromatic carbocycles. The highest BCUT2D eigenvalue weighted by Crippen LogP contribution is 2.32. The zero-order valence-corrected chi connectivity index (χ0v) is 24.3. The Morgan fingerprint density at radius 1 is 0.911 bits per heavy atom. The first-order chi connectivity index (χ1) is 21.8. The van der Waals surface area contributed by atoms with Crippen LogP contribution in [-0.4, -0.2) is 56.8 Å². The quantitative estimate of drug-likeness (QED) is 0.228. The fourth-order valence-corrected chi connectivity index (χ4v) is 5.27. The fraction of sp³-hybridized carbons (Fsp3) is 0.121. The van der Waals surface area contributed by atoms with Crippen molar-refractivity contribution in [1.29, 1.82) is 0 Å². The number of rotatable bonds is 7. The number of anilines is 2. The van der Waals surface area contributed by atoms with Crippen LogP contribution in [0.4, 0.5) is 20.6 Å². The first kappa shape index (κ1) is 29.1. The van der Waals surface area contributed by atoms with E-state index in [2.05, 4.69) is 36.3 Å². The average molecular weight is 603 g/mol. The lowest BCUT2D eigenvalue weighted by Gasteiger charge is -2.26. The molecule has 0 fully saturated rings. The number of Topliss-reactive ketones (excluding diaryl/α,β-unsaturated/α-hetero) is 1. The van der Waals surface area contributed by atoms with E-state index < -0.39 is 23.9 Å². The summed E-state index contributed by atoms with van der Waals surface area (Å²) < 4.78 is 15.3. The van der Waals surface area contributed by atoms with Gasteiger partial charge in [0.05, 0.1) is 17.9 Å². The van der Waals surface area contributed by atoms with Crippen molar-refractivity contribution in [2.24, 2.45) is 4.99 Å². The predicted molar refractivity (Wildman–Crippen MR) is 167 cm³/mol. The number of para-hydroxylation sites is 1. The number of benzodiazepines with no additional fused rings is 1. The molecule has 3 amide bonds. The summed E-state index contributed by atoms with van der Waals surface area (Å²) in [6, 6.07) is 24.5. The number of nitrogens with one attached hydrogen (secondary N) is 3. The highest BCUT2D eigenvalue weighted by molar-refractivity contribution is 6.22. The summed E-state index contributed by atoms with van der Waals surface area (Å²) in [6.07, 6.45) is -1.50. The normalized spacial score (nSPS) is 14.3. The minimum atomic E-state index is -1.50. The molecule has 1 atom stereocenters. The number of amides is 3. The number of urea groups is 1. The molecule has 1 aliphatic heterocycles. The van der Waals surface area contributed by atoms with Crippen molar-refractivity contribution in [3.05, 3.63) is 125 Å². The number of H-pyrrole nitrogens is 1. The zero-order valence-electron chi connectivity index (χ0n) is 24.3. The molecule has 0 saturated heterocycles. The average Bonchev–Trinajstić information content (AvgIpc) is 3.55. The number of aromatic nitrogens is 4. The van der Waals surface area contributed by atoms with E-state index in [1.54, 1.807) is 79.7 Å². The van der Waals surface area contributed by atoms with E-state index in [0.29, 0.717) is 39.5 Å². The number of nitrogens with zero attached hydrogens (tertiary/aromatic N) is 5. The van der Waals surface area contributed by atoms with Crippen LogP contribution in [0.15, 0.2) is 96.0 Å². The maximum atomic E-state index is 15.3. The van der Waals surface area contributed by atoms with Crippen molar-refractivity contribution >= 4 is 34.8 Å². The molecule has 6 rings (SSSR count). The molecule has 3 N–H and O–H groups in total. The van der Waals surface area contributed by atoms with E-state index in [4.69, 9.17) is 0 Å². The molecule has 0 unspecified atom stereocenters. The van der Waals surface area contributed by atoms with E-state index >= 15 is 4.39 Å². The summed E-state index contributed by atoms with van der Waals surface area (Å²) >= 11 is 0. The number of hydrogen-bond acceptors (Lipinski definition) is 7. The number of aryl methyl sites for hydroxylation is 2. The lowest BCUT2D eigenvalue weighted by Crippen LogP contribution is -2.50. The topological polar surface area (TPSA) is 145 Å². The van der Waals surface area contributed by atoms with Crippen LogP contribution in [0.3, 0.4) is 0 Å². The Hall–Kier alpha value is -6.04. The standard InChI is InChI=1S/C33H27FN8O3/c1-19-9-3-4-13-23(19)27(43)18-42-29-20(2)10-7-15-25(29)28(24-14-5-6-16-26(24)34)36-31(32(42)44)37-33(45)35-22-12-8-11-21(17-22)30-38-40-41-39-30/h3-17,31H,18H2,1-2H3,(H2,35,37,45)(H,38,39,40,41)/t31-/m0/s1. The summed E-state index contributed by atoms with van der Waals surface area (Å²) in [5.41, 5.74) is 4.07. The Labute approximate surface area is 257 Å². The van der Waals surface area contributed by atoms with Crippen molar-refractivity contribution < 1.29 is 18.8 Å². The van der Waals surface area contributed by atoms with Crippen LogP contribution in [0.5, 0.6) is 0 Å². The van der Waals surface area contributed by atoms with E-state index in [9.17, 15) is 14.4 Å². The number of benzene rings is 4. The molecule has 5 aromatic rings. The van der Waals surface area contributed by atoms with Crippen LogP contribution in [-0.2, 0) is 4.79 Å². The first-order valence-corrected chi connectivity index (χ1v) is 14.0. The summed E-state index contributed by atoms with van der Waals surface area (Å²) in [5.74, 6) is -1.11. The summed E-state index contributed by atoms with van der Waals surface area (Å²) in [6.45, 7) is 3.29. The smallest absolute Gasteiger partial charge is 0.308 e. The maximum Gasteiger partial charge on any atom is 0.321 e.